The Hall–Kier alpha value is -5.98. The van der Waals surface area contributed by atoms with E-state index in [9.17, 15) is 0 Å². The Morgan fingerprint density at radius 2 is 0.696 bits per heavy atom. The molecule has 0 heteroatoms. The molecule has 0 atom stereocenters. The summed E-state index contributed by atoms with van der Waals surface area (Å²) in [5.41, 5.74) is 9.92. The third-order valence-corrected chi connectivity index (χ3v) is 9.42. The first kappa shape index (κ1) is 26.4. The first-order valence-corrected chi connectivity index (χ1v) is 15.9. The topological polar surface area (TPSA) is 0 Å². The zero-order valence-corrected chi connectivity index (χ0v) is 25.3. The summed E-state index contributed by atoms with van der Waals surface area (Å²) in [5.74, 6) is 0. The molecule has 0 amide bonds. The highest BCUT2D eigenvalue weighted by molar-refractivity contribution is 6.20. The predicted molar refractivity (Wildman–Crippen MR) is 198 cm³/mol. The van der Waals surface area contributed by atoms with E-state index in [1.54, 1.807) is 0 Å². The second-order valence-corrected chi connectivity index (χ2v) is 12.2. The summed E-state index contributed by atoms with van der Waals surface area (Å²) in [5, 5.41) is 10.2. The van der Waals surface area contributed by atoms with Crippen molar-refractivity contribution >= 4 is 43.1 Å². The fourth-order valence-electron chi connectivity index (χ4n) is 7.07. The van der Waals surface area contributed by atoms with Crippen molar-refractivity contribution in [1.29, 1.82) is 0 Å². The van der Waals surface area contributed by atoms with Crippen LogP contribution in [0.1, 0.15) is 0 Å². The number of benzene rings is 9. The smallest absolute Gasteiger partial charge is 0.00266 e. The molecule has 0 spiro atoms. The Morgan fingerprint density at radius 1 is 0.196 bits per heavy atom. The van der Waals surface area contributed by atoms with Crippen LogP contribution in [0.5, 0.6) is 0 Å². The lowest BCUT2D eigenvalue weighted by Gasteiger charge is -2.15. The van der Waals surface area contributed by atoms with E-state index in [0.717, 1.165) is 0 Å². The monoisotopic (exact) mass is 582 g/mol. The SMILES string of the molecule is c1ccc(-c2ccc3cc(-c4cccc(-c5ccc(-c6c7ccccc7cc7c6ccc6ccccc67)cc5)c4)ccc3c2)cc1. The van der Waals surface area contributed by atoms with Crippen molar-refractivity contribution in [1.82, 2.24) is 0 Å². The van der Waals surface area contributed by atoms with Gasteiger partial charge in [-0.3, -0.25) is 0 Å². The van der Waals surface area contributed by atoms with Crippen molar-refractivity contribution in [3.8, 4) is 44.5 Å². The van der Waals surface area contributed by atoms with Crippen molar-refractivity contribution in [2.24, 2.45) is 0 Å². The van der Waals surface area contributed by atoms with Gasteiger partial charge >= 0.3 is 0 Å². The van der Waals surface area contributed by atoms with Gasteiger partial charge in [0.15, 0.2) is 0 Å². The molecule has 0 aliphatic carbocycles. The minimum Gasteiger partial charge on any atom is -0.0622 e. The molecule has 0 aromatic heterocycles. The molecule has 9 rings (SSSR count). The summed E-state index contributed by atoms with van der Waals surface area (Å²) in [6.07, 6.45) is 0. The molecule has 0 fully saturated rings. The average Bonchev–Trinajstić information content (AvgIpc) is 3.14. The van der Waals surface area contributed by atoms with Gasteiger partial charge in [0.05, 0.1) is 0 Å². The maximum absolute atomic E-state index is 2.35. The molecule has 0 heterocycles. The molecule has 46 heavy (non-hydrogen) atoms. The van der Waals surface area contributed by atoms with Gasteiger partial charge in [0.1, 0.15) is 0 Å². The largest absolute Gasteiger partial charge is 0.0622 e. The van der Waals surface area contributed by atoms with Crippen LogP contribution in [0.2, 0.25) is 0 Å². The fraction of sp³-hybridized carbons (Fsp3) is 0. The second kappa shape index (κ2) is 10.9. The Bertz CT molecular complexity index is 2560. The third-order valence-electron chi connectivity index (χ3n) is 9.42. The van der Waals surface area contributed by atoms with Crippen LogP contribution < -0.4 is 0 Å². The maximum Gasteiger partial charge on any atom is -0.00266 e. The maximum atomic E-state index is 2.35. The van der Waals surface area contributed by atoms with E-state index in [1.807, 2.05) is 0 Å². The Balaban J connectivity index is 1.09. The highest BCUT2D eigenvalue weighted by Crippen LogP contribution is 2.40. The van der Waals surface area contributed by atoms with Gasteiger partial charge in [0.2, 0.25) is 0 Å². The normalized spacial score (nSPS) is 11.5. The van der Waals surface area contributed by atoms with Crippen LogP contribution in [0.15, 0.2) is 182 Å². The highest BCUT2D eigenvalue weighted by Gasteiger charge is 2.13. The number of rotatable bonds is 4. The van der Waals surface area contributed by atoms with E-state index < -0.39 is 0 Å². The van der Waals surface area contributed by atoms with E-state index in [4.69, 9.17) is 0 Å². The van der Waals surface area contributed by atoms with Crippen LogP contribution in [0, 0.1) is 0 Å². The van der Waals surface area contributed by atoms with Crippen LogP contribution in [-0.2, 0) is 0 Å². The molecular formula is C46H30. The molecule has 0 aliphatic heterocycles. The van der Waals surface area contributed by atoms with Crippen molar-refractivity contribution in [2.45, 2.75) is 0 Å². The van der Waals surface area contributed by atoms with E-state index >= 15 is 0 Å². The third kappa shape index (κ3) is 4.55. The number of hydrogen-bond acceptors (Lipinski definition) is 0. The first-order valence-electron chi connectivity index (χ1n) is 15.9. The van der Waals surface area contributed by atoms with E-state index in [-0.39, 0.29) is 0 Å². The summed E-state index contributed by atoms with van der Waals surface area (Å²) in [6.45, 7) is 0. The fourth-order valence-corrected chi connectivity index (χ4v) is 7.07. The van der Waals surface area contributed by atoms with E-state index in [2.05, 4.69) is 182 Å². The number of hydrogen-bond donors (Lipinski definition) is 0. The molecule has 0 saturated carbocycles. The van der Waals surface area contributed by atoms with Crippen LogP contribution in [-0.4, -0.2) is 0 Å². The van der Waals surface area contributed by atoms with Gasteiger partial charge < -0.3 is 0 Å². The lowest BCUT2D eigenvalue weighted by molar-refractivity contribution is 1.59. The lowest BCUT2D eigenvalue weighted by atomic mass is 9.89. The minimum atomic E-state index is 1.22. The van der Waals surface area contributed by atoms with Crippen molar-refractivity contribution in [2.75, 3.05) is 0 Å². The zero-order valence-electron chi connectivity index (χ0n) is 25.3. The van der Waals surface area contributed by atoms with Crippen LogP contribution in [0.4, 0.5) is 0 Å². The second-order valence-electron chi connectivity index (χ2n) is 12.2. The molecule has 0 N–H and O–H groups in total. The molecule has 0 radical (unpaired) electrons. The minimum absolute atomic E-state index is 1.22. The molecule has 0 nitrogen and oxygen atoms in total. The van der Waals surface area contributed by atoms with Gasteiger partial charge in [-0.05, 0) is 112 Å². The van der Waals surface area contributed by atoms with Gasteiger partial charge in [-0.15, -0.1) is 0 Å². The highest BCUT2D eigenvalue weighted by atomic mass is 14.2. The molecule has 214 valence electrons. The quantitative estimate of drug-likeness (QED) is 0.143. The van der Waals surface area contributed by atoms with Crippen LogP contribution in [0.3, 0.4) is 0 Å². The first-order chi connectivity index (χ1) is 22.8. The molecule has 0 saturated heterocycles. The van der Waals surface area contributed by atoms with Gasteiger partial charge in [-0.1, -0.05) is 158 Å². The Labute approximate surface area is 268 Å². The summed E-state index contributed by atoms with van der Waals surface area (Å²) in [4.78, 5) is 0. The van der Waals surface area contributed by atoms with Crippen molar-refractivity contribution in [3.05, 3.63) is 182 Å². The zero-order chi connectivity index (χ0) is 30.5. The van der Waals surface area contributed by atoms with E-state index in [0.29, 0.717) is 0 Å². The van der Waals surface area contributed by atoms with Crippen LogP contribution in [0.25, 0.3) is 87.6 Å². The predicted octanol–water partition coefficient (Wildman–Crippen LogP) is 13.0. The van der Waals surface area contributed by atoms with Gasteiger partial charge in [-0.2, -0.15) is 0 Å². The molecule has 0 unspecified atom stereocenters. The molecule has 0 bridgehead atoms. The van der Waals surface area contributed by atoms with Crippen LogP contribution >= 0.6 is 0 Å². The van der Waals surface area contributed by atoms with Gasteiger partial charge in [-0.25, -0.2) is 0 Å². The molecule has 9 aromatic carbocycles. The van der Waals surface area contributed by atoms with Gasteiger partial charge in [0.25, 0.3) is 0 Å². The molecule has 0 aliphatic rings. The molecular weight excluding hydrogens is 553 g/mol. The number of fused-ring (bicyclic) bond motifs is 5. The Morgan fingerprint density at radius 3 is 1.46 bits per heavy atom. The lowest BCUT2D eigenvalue weighted by Crippen LogP contribution is -1.88. The van der Waals surface area contributed by atoms with Crippen molar-refractivity contribution < 1.29 is 0 Å². The molecule has 9 aromatic rings. The van der Waals surface area contributed by atoms with E-state index in [1.165, 1.54) is 87.6 Å². The summed E-state index contributed by atoms with van der Waals surface area (Å²) < 4.78 is 0. The summed E-state index contributed by atoms with van der Waals surface area (Å²) >= 11 is 0. The Kier molecular flexibility index (Phi) is 6.25. The summed E-state index contributed by atoms with van der Waals surface area (Å²) in [6, 6.07) is 66.5. The summed E-state index contributed by atoms with van der Waals surface area (Å²) in [7, 11) is 0. The standard InChI is InChI=1S/C46H30/c1-2-9-31(10-3-1)37-21-22-40-29-38(23-24-39(40)28-37)36-14-8-13-35(27-36)32-17-19-34(20-18-32)46-43-16-7-5-12-41(43)30-45-42-15-6-4-11-33(42)25-26-44(45)46/h1-30H. The van der Waals surface area contributed by atoms with Crippen molar-refractivity contribution in [3.63, 3.8) is 0 Å². The average molecular weight is 583 g/mol. The van der Waals surface area contributed by atoms with Gasteiger partial charge in [0, 0.05) is 0 Å².